The zero-order chi connectivity index (χ0) is 14.1. The summed E-state index contributed by atoms with van der Waals surface area (Å²) in [5.41, 5.74) is 4.77. The van der Waals surface area contributed by atoms with Crippen LogP contribution in [0.2, 0.25) is 0 Å². The van der Waals surface area contributed by atoms with Crippen LogP contribution in [0.15, 0.2) is 24.3 Å². The second kappa shape index (κ2) is 7.77. The Morgan fingerprint density at radius 3 is 2.64 bits per heavy atom. The van der Waals surface area contributed by atoms with Gasteiger partial charge in [0.05, 0.1) is 12.1 Å². The van der Waals surface area contributed by atoms with E-state index in [1.54, 1.807) is 0 Å². The maximum Gasteiger partial charge on any atom is 0.317 e. The van der Waals surface area contributed by atoms with Gasteiger partial charge in [0.2, 0.25) is 0 Å². The van der Waals surface area contributed by atoms with Crippen LogP contribution in [0, 0.1) is 6.92 Å². The van der Waals surface area contributed by atoms with Crippen molar-refractivity contribution in [3.8, 4) is 0 Å². The molecule has 0 aliphatic carbocycles. The molecular formula is C16H20Cl2N2O2. The van der Waals surface area contributed by atoms with Gasteiger partial charge in [0.25, 0.3) is 0 Å². The quantitative estimate of drug-likeness (QED) is 0.911. The topological polar surface area (TPSA) is 53.4 Å². The first-order valence-electron chi connectivity index (χ1n) is 6.96. The fourth-order valence-electron chi connectivity index (χ4n) is 3.01. The van der Waals surface area contributed by atoms with Crippen molar-refractivity contribution in [1.29, 1.82) is 0 Å². The summed E-state index contributed by atoms with van der Waals surface area (Å²) in [5, 5.41) is 10.1. The summed E-state index contributed by atoms with van der Waals surface area (Å²) < 4.78 is 0. The predicted octanol–water partition coefficient (Wildman–Crippen LogP) is 2.87. The highest BCUT2D eigenvalue weighted by Crippen LogP contribution is 2.25. The summed E-state index contributed by atoms with van der Waals surface area (Å²) in [6.07, 6.45) is 1.71. The van der Waals surface area contributed by atoms with Crippen molar-refractivity contribution >= 4 is 41.7 Å². The van der Waals surface area contributed by atoms with E-state index < -0.39 is 5.97 Å². The number of aryl methyl sites for hydroxylation is 1. The van der Waals surface area contributed by atoms with E-state index in [-0.39, 0.29) is 31.4 Å². The molecule has 2 heterocycles. The second-order valence-corrected chi connectivity index (χ2v) is 5.35. The number of carboxylic acid groups (broad SMARTS) is 1. The lowest BCUT2D eigenvalue weighted by atomic mass is 9.99. The van der Waals surface area contributed by atoms with E-state index in [4.69, 9.17) is 10.1 Å². The zero-order valence-corrected chi connectivity index (χ0v) is 14.0. The molecule has 0 fully saturated rings. The molecule has 0 radical (unpaired) electrons. The predicted molar refractivity (Wildman–Crippen MR) is 92.5 cm³/mol. The van der Waals surface area contributed by atoms with Crippen LogP contribution in [0.5, 0.6) is 0 Å². The first-order chi connectivity index (χ1) is 9.65. The molecule has 0 saturated carbocycles. The third kappa shape index (κ3) is 3.69. The van der Waals surface area contributed by atoms with Crippen molar-refractivity contribution in [1.82, 2.24) is 9.88 Å². The average Bonchev–Trinajstić information content (AvgIpc) is 2.62. The Morgan fingerprint density at radius 2 is 1.91 bits per heavy atom. The van der Waals surface area contributed by atoms with Gasteiger partial charge in [-0.15, -0.1) is 24.8 Å². The molecule has 6 heteroatoms. The number of carboxylic acids is 1. The second-order valence-electron chi connectivity index (χ2n) is 5.35. The monoisotopic (exact) mass is 342 g/mol. The lowest BCUT2D eigenvalue weighted by Crippen LogP contribution is -2.31. The zero-order valence-electron chi connectivity index (χ0n) is 12.4. The number of hydrogen-bond donors (Lipinski definition) is 1. The van der Waals surface area contributed by atoms with Gasteiger partial charge in [-0.1, -0.05) is 18.2 Å². The van der Waals surface area contributed by atoms with Crippen molar-refractivity contribution < 1.29 is 9.90 Å². The molecule has 1 aromatic heterocycles. The van der Waals surface area contributed by atoms with Gasteiger partial charge in [-0.25, -0.2) is 0 Å². The van der Waals surface area contributed by atoms with Gasteiger partial charge in [0, 0.05) is 30.6 Å². The number of aromatic nitrogens is 1. The van der Waals surface area contributed by atoms with E-state index in [1.165, 1.54) is 16.5 Å². The van der Waals surface area contributed by atoms with Crippen molar-refractivity contribution in [2.24, 2.45) is 0 Å². The first kappa shape index (κ1) is 18.7. The largest absolute Gasteiger partial charge is 0.480 e. The third-order valence-corrected chi connectivity index (χ3v) is 4.07. The van der Waals surface area contributed by atoms with E-state index in [0.717, 1.165) is 37.1 Å². The van der Waals surface area contributed by atoms with Crippen molar-refractivity contribution in [2.45, 2.75) is 19.8 Å². The minimum Gasteiger partial charge on any atom is -0.480 e. The molecule has 120 valence electrons. The number of carbonyl (C=O) groups is 1. The number of aliphatic carboxylic acids is 1. The van der Waals surface area contributed by atoms with E-state index in [1.807, 2.05) is 23.1 Å². The van der Waals surface area contributed by atoms with Gasteiger partial charge in [0.15, 0.2) is 0 Å². The third-order valence-electron chi connectivity index (χ3n) is 4.07. The Hall–Kier alpha value is -1.36. The summed E-state index contributed by atoms with van der Waals surface area (Å²) in [7, 11) is 0. The van der Waals surface area contributed by atoms with Crippen LogP contribution in [-0.2, 0) is 17.6 Å². The van der Waals surface area contributed by atoms with Crippen LogP contribution in [0.4, 0.5) is 0 Å². The highest BCUT2D eigenvalue weighted by molar-refractivity contribution is 5.85. The van der Waals surface area contributed by atoms with Crippen LogP contribution < -0.4 is 0 Å². The molecule has 0 amide bonds. The molecule has 1 N–H and O–H groups in total. The molecule has 1 aliphatic rings. The van der Waals surface area contributed by atoms with Crippen LogP contribution in [0.1, 0.15) is 16.8 Å². The number of hydrogen-bond acceptors (Lipinski definition) is 3. The maximum absolute atomic E-state index is 10.9. The van der Waals surface area contributed by atoms with E-state index in [9.17, 15) is 4.79 Å². The van der Waals surface area contributed by atoms with Crippen molar-refractivity contribution in [2.75, 3.05) is 19.6 Å². The molecule has 1 aromatic carbocycles. The minimum absolute atomic E-state index is 0. The van der Waals surface area contributed by atoms with Gasteiger partial charge < -0.3 is 5.11 Å². The fraction of sp³-hybridized carbons (Fsp3) is 0.375. The number of rotatable bonds is 2. The SMILES string of the molecule is Cc1c2c(nc3ccccc13)CCN(CC(=O)O)CC2.Cl.Cl. The Labute approximate surface area is 142 Å². The highest BCUT2D eigenvalue weighted by atomic mass is 35.5. The summed E-state index contributed by atoms with van der Waals surface area (Å²) in [4.78, 5) is 17.6. The summed E-state index contributed by atoms with van der Waals surface area (Å²) in [6, 6.07) is 8.20. The van der Waals surface area contributed by atoms with Gasteiger partial charge in [-0.3, -0.25) is 14.7 Å². The number of benzene rings is 1. The Morgan fingerprint density at radius 1 is 1.23 bits per heavy atom. The molecule has 4 nitrogen and oxygen atoms in total. The molecule has 22 heavy (non-hydrogen) atoms. The Balaban J connectivity index is 0.00000121. The maximum atomic E-state index is 10.9. The lowest BCUT2D eigenvalue weighted by molar-refractivity contribution is -0.138. The summed E-state index contributed by atoms with van der Waals surface area (Å²) in [5.74, 6) is -0.759. The fourth-order valence-corrected chi connectivity index (χ4v) is 3.01. The van der Waals surface area contributed by atoms with Crippen molar-refractivity contribution in [3.05, 3.63) is 41.1 Å². The Bertz CT molecular complexity index is 676. The van der Waals surface area contributed by atoms with E-state index in [0.29, 0.717) is 0 Å². The molecule has 2 aromatic rings. The van der Waals surface area contributed by atoms with Crippen LogP contribution in [0.3, 0.4) is 0 Å². The minimum atomic E-state index is -0.759. The number of halogens is 2. The van der Waals surface area contributed by atoms with E-state index >= 15 is 0 Å². The molecule has 0 atom stereocenters. The highest BCUT2D eigenvalue weighted by Gasteiger charge is 2.19. The molecule has 0 unspecified atom stereocenters. The van der Waals surface area contributed by atoms with Gasteiger partial charge in [-0.2, -0.15) is 0 Å². The summed E-state index contributed by atoms with van der Waals surface area (Å²) in [6.45, 7) is 3.83. The van der Waals surface area contributed by atoms with Crippen LogP contribution >= 0.6 is 24.8 Å². The summed E-state index contributed by atoms with van der Waals surface area (Å²) >= 11 is 0. The Kier molecular flexibility index (Phi) is 6.60. The number of pyridine rings is 1. The molecule has 0 spiro atoms. The van der Waals surface area contributed by atoms with E-state index in [2.05, 4.69) is 13.0 Å². The normalized spacial score (nSPS) is 14.4. The number of nitrogens with zero attached hydrogens (tertiary/aromatic N) is 2. The number of fused-ring (bicyclic) bond motifs is 2. The smallest absolute Gasteiger partial charge is 0.317 e. The molecular weight excluding hydrogens is 323 g/mol. The van der Waals surface area contributed by atoms with Crippen LogP contribution in [-0.4, -0.2) is 40.6 Å². The molecule has 1 aliphatic heterocycles. The first-order valence-corrected chi connectivity index (χ1v) is 6.96. The molecule has 0 bridgehead atoms. The molecule has 0 saturated heterocycles. The van der Waals surface area contributed by atoms with Gasteiger partial charge >= 0.3 is 5.97 Å². The van der Waals surface area contributed by atoms with Crippen LogP contribution in [0.25, 0.3) is 10.9 Å². The lowest BCUT2D eigenvalue weighted by Gasteiger charge is -2.16. The van der Waals surface area contributed by atoms with Crippen molar-refractivity contribution in [3.63, 3.8) is 0 Å². The van der Waals surface area contributed by atoms with Gasteiger partial charge in [-0.05, 0) is 30.5 Å². The molecule has 3 rings (SSSR count). The van der Waals surface area contributed by atoms with Gasteiger partial charge in [0.1, 0.15) is 0 Å². The standard InChI is InChI=1S/C16H18N2O2.2ClH/c1-11-12-4-2-3-5-14(12)17-15-7-9-18(10-16(19)20)8-6-13(11)15;;/h2-5H,6-10H2,1H3,(H,19,20);2*1H. The average molecular weight is 343 g/mol. The number of para-hydroxylation sites is 1.